The molecule has 0 aliphatic heterocycles. The molecule has 2 rings (SSSR count). The maximum atomic E-state index is 13.8. The molecule has 0 spiro atoms. The smallest absolute Gasteiger partial charge is 0.344 e. The van der Waals surface area contributed by atoms with Crippen LogP contribution in [0.5, 0.6) is 5.88 Å². The van der Waals surface area contributed by atoms with E-state index in [0.717, 1.165) is 43.8 Å². The number of amides is 2. The second-order valence-electron chi connectivity index (χ2n) is 7.58. The third-order valence-corrected chi connectivity index (χ3v) is 5.71. The van der Waals surface area contributed by atoms with Crippen molar-refractivity contribution >= 4 is 40.1 Å². The lowest BCUT2D eigenvalue weighted by molar-refractivity contribution is 0.0693. The Morgan fingerprint density at radius 3 is 2.66 bits per heavy atom. The minimum absolute atomic E-state index is 0.0529. The van der Waals surface area contributed by atoms with Gasteiger partial charge in [0.2, 0.25) is 5.88 Å². The molecule has 0 bridgehead atoms. The number of carboxylic acid groups (broad SMARTS) is 1. The van der Waals surface area contributed by atoms with E-state index in [9.17, 15) is 19.1 Å². The Balaban J connectivity index is 1.89. The SMILES string of the molecule is Cc1cc(Cl)c(COc2nsc(NC(=O)NCCCCCCN(C)C)c2C(=O)O)cc1F. The van der Waals surface area contributed by atoms with Crippen molar-refractivity contribution < 1.29 is 23.8 Å². The van der Waals surface area contributed by atoms with Gasteiger partial charge < -0.3 is 20.1 Å². The Bertz CT molecular complexity index is 939. The van der Waals surface area contributed by atoms with E-state index in [1.165, 1.54) is 12.1 Å². The van der Waals surface area contributed by atoms with E-state index < -0.39 is 17.8 Å². The molecule has 0 unspecified atom stereocenters. The predicted molar refractivity (Wildman–Crippen MR) is 124 cm³/mol. The van der Waals surface area contributed by atoms with Crippen LogP contribution < -0.4 is 15.4 Å². The number of nitrogens with zero attached hydrogens (tertiary/aromatic N) is 2. The average Bonchev–Trinajstić information content (AvgIpc) is 3.11. The van der Waals surface area contributed by atoms with Crippen molar-refractivity contribution in [3.8, 4) is 5.88 Å². The Labute approximate surface area is 195 Å². The van der Waals surface area contributed by atoms with E-state index in [1.807, 2.05) is 14.1 Å². The van der Waals surface area contributed by atoms with E-state index >= 15 is 0 Å². The highest BCUT2D eigenvalue weighted by atomic mass is 35.5. The number of rotatable bonds is 12. The molecule has 0 aliphatic rings. The van der Waals surface area contributed by atoms with Crippen LogP contribution in [0.4, 0.5) is 14.2 Å². The number of unbranched alkanes of at least 4 members (excludes halogenated alkanes) is 3. The Morgan fingerprint density at radius 1 is 1.25 bits per heavy atom. The van der Waals surface area contributed by atoms with Crippen LogP contribution in [0.2, 0.25) is 5.02 Å². The van der Waals surface area contributed by atoms with Crippen LogP contribution in [0.3, 0.4) is 0 Å². The molecule has 0 saturated carbocycles. The molecule has 1 aromatic heterocycles. The van der Waals surface area contributed by atoms with Gasteiger partial charge >= 0.3 is 12.0 Å². The van der Waals surface area contributed by atoms with Gasteiger partial charge in [-0.2, -0.15) is 4.37 Å². The normalized spacial score (nSPS) is 10.9. The Hall–Kier alpha value is -2.43. The van der Waals surface area contributed by atoms with Crippen molar-refractivity contribution in [2.24, 2.45) is 0 Å². The molecule has 2 amide bonds. The molecule has 32 heavy (non-hydrogen) atoms. The van der Waals surface area contributed by atoms with Crippen LogP contribution in [0.1, 0.15) is 47.2 Å². The largest absolute Gasteiger partial charge is 0.477 e. The molecule has 0 fully saturated rings. The first kappa shape index (κ1) is 25.8. The van der Waals surface area contributed by atoms with E-state index in [4.69, 9.17) is 16.3 Å². The topological polar surface area (TPSA) is 104 Å². The van der Waals surface area contributed by atoms with Crippen molar-refractivity contribution in [1.29, 1.82) is 0 Å². The van der Waals surface area contributed by atoms with Gasteiger partial charge in [-0.25, -0.2) is 14.0 Å². The van der Waals surface area contributed by atoms with Crippen LogP contribution in [0.15, 0.2) is 12.1 Å². The highest BCUT2D eigenvalue weighted by molar-refractivity contribution is 7.11. The van der Waals surface area contributed by atoms with Crippen LogP contribution in [-0.2, 0) is 6.61 Å². The number of nitrogens with one attached hydrogen (secondary N) is 2. The van der Waals surface area contributed by atoms with Crippen molar-refractivity contribution in [2.75, 3.05) is 32.5 Å². The first-order valence-corrected chi connectivity index (χ1v) is 11.3. The van der Waals surface area contributed by atoms with Crippen molar-refractivity contribution in [3.05, 3.63) is 39.7 Å². The number of carboxylic acids is 1. The molecule has 176 valence electrons. The van der Waals surface area contributed by atoms with Gasteiger partial charge in [0.1, 0.15) is 17.4 Å². The third-order valence-electron chi connectivity index (χ3n) is 4.61. The molecule has 1 aromatic carbocycles. The second kappa shape index (κ2) is 12.6. The highest BCUT2D eigenvalue weighted by Gasteiger charge is 2.23. The highest BCUT2D eigenvalue weighted by Crippen LogP contribution is 2.32. The summed E-state index contributed by atoms with van der Waals surface area (Å²) in [5, 5.41) is 15.1. The number of carbonyl (C=O) groups is 2. The number of carbonyl (C=O) groups excluding carboxylic acids is 1. The van der Waals surface area contributed by atoms with Gasteiger partial charge in [-0.15, -0.1) is 0 Å². The summed E-state index contributed by atoms with van der Waals surface area (Å²) < 4.78 is 23.2. The Morgan fingerprint density at radius 2 is 1.97 bits per heavy atom. The number of aromatic carboxylic acids is 1. The molecule has 8 nitrogen and oxygen atoms in total. The number of hydrogen-bond acceptors (Lipinski definition) is 6. The summed E-state index contributed by atoms with van der Waals surface area (Å²) in [6.45, 7) is 2.94. The molecular formula is C21H28ClFN4O4S. The minimum atomic E-state index is -1.30. The fourth-order valence-electron chi connectivity index (χ4n) is 2.85. The molecule has 3 N–H and O–H groups in total. The number of anilines is 1. The average molecular weight is 487 g/mol. The summed E-state index contributed by atoms with van der Waals surface area (Å²) in [5.74, 6) is -1.91. The zero-order valence-electron chi connectivity index (χ0n) is 18.3. The van der Waals surface area contributed by atoms with Gasteiger partial charge in [0.25, 0.3) is 0 Å². The number of aromatic nitrogens is 1. The van der Waals surface area contributed by atoms with E-state index in [2.05, 4.69) is 19.9 Å². The van der Waals surface area contributed by atoms with Crippen LogP contribution in [0, 0.1) is 12.7 Å². The molecule has 0 saturated heterocycles. The van der Waals surface area contributed by atoms with Gasteiger partial charge in [0.15, 0.2) is 5.56 Å². The van der Waals surface area contributed by atoms with Gasteiger partial charge in [-0.3, -0.25) is 5.32 Å². The second-order valence-corrected chi connectivity index (χ2v) is 8.76. The molecule has 0 atom stereocenters. The third kappa shape index (κ3) is 7.92. The van der Waals surface area contributed by atoms with Gasteiger partial charge in [0, 0.05) is 17.1 Å². The van der Waals surface area contributed by atoms with E-state index in [-0.39, 0.29) is 23.1 Å². The van der Waals surface area contributed by atoms with E-state index in [0.29, 0.717) is 22.7 Å². The summed E-state index contributed by atoms with van der Waals surface area (Å²) in [7, 11) is 4.06. The summed E-state index contributed by atoms with van der Waals surface area (Å²) >= 11 is 6.89. The van der Waals surface area contributed by atoms with E-state index in [1.54, 1.807) is 6.92 Å². The van der Waals surface area contributed by atoms with Crippen LogP contribution >= 0.6 is 23.1 Å². The zero-order valence-corrected chi connectivity index (χ0v) is 19.9. The molecular weight excluding hydrogens is 459 g/mol. The zero-order chi connectivity index (χ0) is 23.7. The number of urea groups is 1. The van der Waals surface area contributed by atoms with Crippen molar-refractivity contribution in [1.82, 2.24) is 14.6 Å². The molecule has 1 heterocycles. The van der Waals surface area contributed by atoms with Crippen molar-refractivity contribution in [2.45, 2.75) is 39.2 Å². The first-order valence-electron chi connectivity index (χ1n) is 10.2. The number of benzene rings is 1. The monoisotopic (exact) mass is 486 g/mol. The Kier molecular flexibility index (Phi) is 10.1. The fraction of sp³-hybridized carbons (Fsp3) is 0.476. The first-order chi connectivity index (χ1) is 15.2. The lowest BCUT2D eigenvalue weighted by Gasteiger charge is -2.10. The number of hydrogen-bond donors (Lipinski definition) is 3. The summed E-state index contributed by atoms with van der Waals surface area (Å²) in [4.78, 5) is 26.0. The number of aryl methyl sites for hydroxylation is 1. The fourth-order valence-corrected chi connectivity index (χ4v) is 3.84. The minimum Gasteiger partial charge on any atom is -0.477 e. The number of ether oxygens (including phenoxy) is 1. The standard InChI is InChI=1S/C21H28ClFN4O4S/c1-13-10-15(22)14(11-16(13)23)12-31-18-17(20(28)29)19(32-26-18)25-21(30)24-8-6-4-5-7-9-27(2)3/h10-11H,4-9,12H2,1-3H3,(H,28,29)(H2,24,25,30). The maximum absolute atomic E-state index is 13.8. The molecule has 11 heteroatoms. The lowest BCUT2D eigenvalue weighted by atomic mass is 10.1. The van der Waals surface area contributed by atoms with Crippen molar-refractivity contribution in [3.63, 3.8) is 0 Å². The van der Waals surface area contributed by atoms with Crippen LogP contribution in [0.25, 0.3) is 0 Å². The van der Waals surface area contributed by atoms with Gasteiger partial charge in [-0.05, 0) is 69.6 Å². The molecule has 0 aliphatic carbocycles. The van der Waals surface area contributed by atoms with Crippen LogP contribution in [-0.4, -0.2) is 53.6 Å². The van der Waals surface area contributed by atoms with Gasteiger partial charge in [0.05, 0.1) is 0 Å². The number of halogens is 2. The lowest BCUT2D eigenvalue weighted by Crippen LogP contribution is -2.29. The molecule has 2 aromatic rings. The maximum Gasteiger partial charge on any atom is 0.344 e. The summed E-state index contributed by atoms with van der Waals surface area (Å²) in [5.41, 5.74) is 0.485. The molecule has 0 radical (unpaired) electrons. The summed E-state index contributed by atoms with van der Waals surface area (Å²) in [6, 6.07) is 2.19. The quantitative estimate of drug-likeness (QED) is 0.373. The predicted octanol–water partition coefficient (Wildman–Crippen LogP) is 4.76. The van der Waals surface area contributed by atoms with Gasteiger partial charge in [-0.1, -0.05) is 24.4 Å². The summed E-state index contributed by atoms with van der Waals surface area (Å²) in [6.07, 6.45) is 4.01.